The van der Waals surface area contributed by atoms with Crippen LogP contribution in [-0.2, 0) is 29.8 Å². The van der Waals surface area contributed by atoms with E-state index in [-0.39, 0.29) is 19.4 Å². The van der Waals surface area contributed by atoms with Crippen LogP contribution in [0.2, 0.25) is 0 Å². The molecule has 1 aromatic carbocycles. The molecule has 0 saturated carbocycles. The predicted octanol–water partition coefficient (Wildman–Crippen LogP) is 5.37. The monoisotopic (exact) mass is 469 g/mol. The molecule has 1 N–H and O–H groups in total. The molecule has 0 spiro atoms. The van der Waals surface area contributed by atoms with E-state index in [9.17, 15) is 14.2 Å². The molecule has 1 rings (SSSR count). The molecule has 3 atom stereocenters. The van der Waals surface area contributed by atoms with Gasteiger partial charge in [0.15, 0.2) is 0 Å². The quantitative estimate of drug-likeness (QED) is 0.250. The van der Waals surface area contributed by atoms with Crippen molar-refractivity contribution in [2.45, 2.75) is 79.4 Å². The van der Waals surface area contributed by atoms with Crippen LogP contribution in [-0.4, -0.2) is 37.4 Å². The first-order chi connectivity index (χ1) is 14.8. The lowest BCUT2D eigenvalue weighted by molar-refractivity contribution is -0.145. The molecule has 0 bridgehead atoms. The molecule has 0 aliphatic heterocycles. The first-order valence-electron chi connectivity index (χ1n) is 11.2. The maximum Gasteiger partial charge on any atom is 0.323 e. The Hall–Kier alpha value is -1.69. The Balaban J connectivity index is 2.78. The van der Waals surface area contributed by atoms with Crippen LogP contribution in [0, 0.1) is 11.3 Å². The van der Waals surface area contributed by atoms with E-state index < -0.39 is 36.6 Å². The Labute approximate surface area is 193 Å². The normalized spacial score (nSPS) is 15.7. The zero-order valence-electron chi connectivity index (χ0n) is 20.8. The highest BCUT2D eigenvalue weighted by molar-refractivity contribution is 7.57. The van der Waals surface area contributed by atoms with Crippen LogP contribution >= 0.6 is 7.52 Å². The average molecular weight is 470 g/mol. The maximum absolute atomic E-state index is 13.6. The molecule has 0 radical (unpaired) electrons. The van der Waals surface area contributed by atoms with Gasteiger partial charge in [0.2, 0.25) is 0 Å². The summed E-state index contributed by atoms with van der Waals surface area (Å²) >= 11 is 0. The molecular formula is C24H40NO6P. The largest absolute Gasteiger partial charge is 0.468 e. The molecule has 0 aliphatic carbocycles. The van der Waals surface area contributed by atoms with Gasteiger partial charge in [-0.25, -0.2) is 5.09 Å². The van der Waals surface area contributed by atoms with Gasteiger partial charge in [-0.3, -0.25) is 14.2 Å². The van der Waals surface area contributed by atoms with Gasteiger partial charge in [0, 0.05) is 12.1 Å². The number of benzene rings is 1. The summed E-state index contributed by atoms with van der Waals surface area (Å²) in [6, 6.07) is 6.67. The fraction of sp³-hybridized carbons (Fsp3) is 0.667. The minimum atomic E-state index is -3.45. The summed E-state index contributed by atoms with van der Waals surface area (Å²) in [5, 5.41) is 2.92. The second-order valence-corrected chi connectivity index (χ2v) is 12.2. The van der Waals surface area contributed by atoms with Crippen LogP contribution in [0.5, 0.6) is 5.75 Å². The van der Waals surface area contributed by atoms with Crippen molar-refractivity contribution in [3.8, 4) is 5.75 Å². The summed E-state index contributed by atoms with van der Waals surface area (Å²) in [6.45, 7) is 13.6. The number of hydrogen-bond donors (Lipinski definition) is 1. The van der Waals surface area contributed by atoms with Crippen molar-refractivity contribution in [1.82, 2.24) is 5.09 Å². The fourth-order valence-electron chi connectivity index (χ4n) is 3.23. The van der Waals surface area contributed by atoms with Crippen LogP contribution in [0.15, 0.2) is 24.3 Å². The number of carbonyl (C=O) groups is 2. The summed E-state index contributed by atoms with van der Waals surface area (Å²) in [4.78, 5) is 24.6. The minimum Gasteiger partial charge on any atom is -0.468 e. The molecule has 8 heteroatoms. The number of hydrogen-bond acceptors (Lipinski definition) is 6. The summed E-state index contributed by atoms with van der Waals surface area (Å²) in [6.07, 6.45) is 1.32. The number of ether oxygens (including phenoxy) is 2. The van der Waals surface area contributed by atoms with Crippen LogP contribution in [0.4, 0.5) is 0 Å². The molecule has 0 heterocycles. The molecule has 0 fully saturated rings. The Morgan fingerprint density at radius 1 is 1.09 bits per heavy atom. The lowest BCUT2D eigenvalue weighted by Gasteiger charge is -2.34. The number of rotatable bonds is 12. The molecule has 0 aliphatic rings. The second-order valence-electron chi connectivity index (χ2n) is 9.57. The van der Waals surface area contributed by atoms with Crippen LogP contribution in [0.1, 0.15) is 66.9 Å². The molecule has 2 unspecified atom stereocenters. The number of carbonyl (C=O) groups excluding carboxylic acids is 2. The number of methoxy groups -OCH3 is 1. The van der Waals surface area contributed by atoms with E-state index in [1.807, 2.05) is 32.9 Å². The van der Waals surface area contributed by atoms with E-state index >= 15 is 0 Å². The van der Waals surface area contributed by atoms with E-state index in [4.69, 9.17) is 14.0 Å². The fourth-order valence-corrected chi connectivity index (χ4v) is 5.51. The number of nitrogens with one attached hydrogen (secondary N) is 1. The SMILES string of the molecule is CCOP(=O)(N[C@@H](C(=O)OC)C(C)(C)C)C(C)CCC(=O)Oc1ccc(CC(C)C)cc1. The highest BCUT2D eigenvalue weighted by Crippen LogP contribution is 2.51. The second kappa shape index (κ2) is 12.5. The van der Waals surface area contributed by atoms with Gasteiger partial charge < -0.3 is 14.0 Å². The van der Waals surface area contributed by atoms with Gasteiger partial charge in [-0.2, -0.15) is 0 Å². The van der Waals surface area contributed by atoms with Crippen molar-refractivity contribution < 1.29 is 28.2 Å². The molecule has 32 heavy (non-hydrogen) atoms. The topological polar surface area (TPSA) is 90.9 Å². The Kier molecular flexibility index (Phi) is 11.1. The standard InChI is InChI=1S/C24H40NO6P/c1-9-30-32(28,25-22(23(27)29-8)24(5,6)7)18(4)10-15-21(26)31-20-13-11-19(12-14-20)16-17(2)3/h11-14,17-18,22H,9-10,15-16H2,1-8H3,(H,25,28)/t18?,22-,32?/m0/s1. The molecule has 0 saturated heterocycles. The molecule has 182 valence electrons. The molecule has 1 aromatic rings. The number of esters is 2. The first kappa shape index (κ1) is 28.3. The lowest BCUT2D eigenvalue weighted by atomic mass is 9.87. The molecule has 0 aromatic heterocycles. The summed E-state index contributed by atoms with van der Waals surface area (Å²) < 4.78 is 29.5. The van der Waals surface area contributed by atoms with Crippen LogP contribution in [0.25, 0.3) is 0 Å². The van der Waals surface area contributed by atoms with E-state index in [1.54, 1.807) is 26.0 Å². The highest BCUT2D eigenvalue weighted by atomic mass is 31.2. The van der Waals surface area contributed by atoms with Crippen molar-refractivity contribution in [2.24, 2.45) is 11.3 Å². The van der Waals surface area contributed by atoms with Gasteiger partial charge >= 0.3 is 11.9 Å². The van der Waals surface area contributed by atoms with Crippen LogP contribution < -0.4 is 9.82 Å². The highest BCUT2D eigenvalue weighted by Gasteiger charge is 2.41. The van der Waals surface area contributed by atoms with Gasteiger partial charge in [0.05, 0.1) is 13.7 Å². The Morgan fingerprint density at radius 3 is 2.16 bits per heavy atom. The first-order valence-corrected chi connectivity index (χ1v) is 12.9. The third-order valence-corrected chi connectivity index (χ3v) is 7.76. The minimum absolute atomic E-state index is 0.0755. The maximum atomic E-state index is 13.6. The molecular weight excluding hydrogens is 429 g/mol. The van der Waals surface area contributed by atoms with Gasteiger partial charge in [0.25, 0.3) is 7.52 Å². The van der Waals surface area contributed by atoms with Crippen molar-refractivity contribution in [1.29, 1.82) is 0 Å². The third kappa shape index (κ3) is 9.05. The van der Waals surface area contributed by atoms with Gasteiger partial charge in [-0.1, -0.05) is 53.7 Å². The van der Waals surface area contributed by atoms with Crippen LogP contribution in [0.3, 0.4) is 0 Å². The van der Waals surface area contributed by atoms with Gasteiger partial charge in [-0.05, 0) is 48.8 Å². The molecule has 7 nitrogen and oxygen atoms in total. The third-order valence-electron chi connectivity index (χ3n) is 5.08. The van der Waals surface area contributed by atoms with Crippen molar-refractivity contribution >= 4 is 19.5 Å². The zero-order chi connectivity index (χ0) is 24.5. The Bertz CT molecular complexity index is 785. The molecule has 0 amide bonds. The van der Waals surface area contributed by atoms with E-state index in [0.29, 0.717) is 11.7 Å². The smallest absolute Gasteiger partial charge is 0.323 e. The summed E-state index contributed by atoms with van der Waals surface area (Å²) in [7, 11) is -2.15. The predicted molar refractivity (Wildman–Crippen MR) is 127 cm³/mol. The van der Waals surface area contributed by atoms with Crippen molar-refractivity contribution in [3.05, 3.63) is 29.8 Å². The van der Waals surface area contributed by atoms with E-state index in [2.05, 4.69) is 18.9 Å². The van der Waals surface area contributed by atoms with Gasteiger partial charge in [-0.15, -0.1) is 0 Å². The van der Waals surface area contributed by atoms with E-state index in [1.165, 1.54) is 12.7 Å². The van der Waals surface area contributed by atoms with Gasteiger partial charge in [0.1, 0.15) is 11.8 Å². The lowest BCUT2D eigenvalue weighted by Crippen LogP contribution is -2.47. The summed E-state index contributed by atoms with van der Waals surface area (Å²) in [5.41, 5.74) is 0.148. The zero-order valence-corrected chi connectivity index (χ0v) is 21.7. The van der Waals surface area contributed by atoms with Crippen molar-refractivity contribution in [3.63, 3.8) is 0 Å². The summed E-state index contributed by atoms with van der Waals surface area (Å²) in [5.74, 6) is 0.123. The average Bonchev–Trinajstić information content (AvgIpc) is 2.70. The van der Waals surface area contributed by atoms with Crippen molar-refractivity contribution in [2.75, 3.05) is 13.7 Å². The Morgan fingerprint density at radius 2 is 1.69 bits per heavy atom. The van der Waals surface area contributed by atoms with E-state index in [0.717, 1.165) is 6.42 Å².